The van der Waals surface area contributed by atoms with Gasteiger partial charge in [0.25, 0.3) is 7.82 Å². The van der Waals surface area contributed by atoms with Crippen LogP contribution in [0.1, 0.15) is 32.1 Å². The molecule has 11 heteroatoms. The SMILES string of the molecule is C#CCOC(=O)NCCCCCC(=O)NCCC[N+](C)(C)CCOP(=O)([O-])O. The molecule has 0 aromatic rings. The number of nitrogens with one attached hydrogen (secondary N) is 2. The molecule has 162 valence electrons. The Morgan fingerprint density at radius 2 is 1.82 bits per heavy atom. The minimum atomic E-state index is -4.68. The topological polar surface area (TPSA) is 137 Å². The molecule has 0 aliphatic heterocycles. The number of hydrogen-bond acceptors (Lipinski definition) is 6. The number of alkyl carbamates (subject to hydrolysis) is 1. The minimum absolute atomic E-state index is 0.0254. The molecule has 0 fully saturated rings. The third-order valence-electron chi connectivity index (χ3n) is 3.85. The number of hydrogen-bond donors (Lipinski definition) is 3. The van der Waals surface area contributed by atoms with E-state index >= 15 is 0 Å². The Hall–Kier alpha value is -1.63. The predicted molar refractivity (Wildman–Crippen MR) is 102 cm³/mol. The Morgan fingerprint density at radius 3 is 2.46 bits per heavy atom. The summed E-state index contributed by atoms with van der Waals surface area (Å²) in [6.45, 7) is 2.00. The van der Waals surface area contributed by atoms with Gasteiger partial charge >= 0.3 is 6.09 Å². The number of carbonyl (C=O) groups excluding carboxylic acids is 2. The molecule has 0 radical (unpaired) electrons. The van der Waals surface area contributed by atoms with E-state index in [2.05, 4.69) is 25.8 Å². The molecule has 0 aromatic heterocycles. The van der Waals surface area contributed by atoms with Crippen molar-refractivity contribution in [2.75, 3.05) is 53.5 Å². The Kier molecular flexibility index (Phi) is 13.5. The molecule has 0 aromatic carbocycles. The number of rotatable bonds is 15. The molecular weight excluding hydrogens is 389 g/mol. The van der Waals surface area contributed by atoms with Gasteiger partial charge in [0.05, 0.1) is 20.6 Å². The first-order valence-corrected chi connectivity index (χ1v) is 10.7. The highest BCUT2D eigenvalue weighted by Gasteiger charge is 2.16. The summed E-state index contributed by atoms with van der Waals surface area (Å²) < 4.78 is 20.0. The van der Waals surface area contributed by atoms with E-state index in [4.69, 9.17) is 11.3 Å². The van der Waals surface area contributed by atoms with E-state index in [-0.39, 0.29) is 19.1 Å². The molecule has 3 N–H and O–H groups in total. The van der Waals surface area contributed by atoms with Crippen LogP contribution in [0.2, 0.25) is 0 Å². The fraction of sp³-hybridized carbons (Fsp3) is 0.765. The molecule has 1 atom stereocenters. The summed E-state index contributed by atoms with van der Waals surface area (Å²) in [6.07, 6.45) is 7.86. The van der Waals surface area contributed by atoms with E-state index in [1.54, 1.807) is 0 Å². The third-order valence-corrected chi connectivity index (χ3v) is 4.36. The van der Waals surface area contributed by atoms with Gasteiger partial charge in [0, 0.05) is 25.9 Å². The second-order valence-corrected chi connectivity index (χ2v) is 8.10. The zero-order valence-corrected chi connectivity index (χ0v) is 17.5. The lowest BCUT2D eigenvalue weighted by atomic mass is 10.2. The molecular formula is C17H32N3O7P. The van der Waals surface area contributed by atoms with Crippen molar-refractivity contribution in [1.29, 1.82) is 0 Å². The summed E-state index contributed by atoms with van der Waals surface area (Å²) in [5.41, 5.74) is 0. The summed E-state index contributed by atoms with van der Waals surface area (Å²) in [7, 11) is -0.853. The smallest absolute Gasteiger partial charge is 0.408 e. The Labute approximate surface area is 166 Å². The molecule has 0 aliphatic carbocycles. The number of terminal acetylenes is 1. The minimum Gasteiger partial charge on any atom is -0.756 e. The van der Waals surface area contributed by atoms with Gasteiger partial charge in [-0.2, -0.15) is 0 Å². The lowest BCUT2D eigenvalue weighted by Crippen LogP contribution is -2.44. The van der Waals surface area contributed by atoms with Crippen molar-refractivity contribution < 1.29 is 37.7 Å². The van der Waals surface area contributed by atoms with Crippen LogP contribution in [-0.4, -0.2) is 74.9 Å². The molecule has 0 spiro atoms. The van der Waals surface area contributed by atoms with E-state index in [1.165, 1.54) is 0 Å². The van der Waals surface area contributed by atoms with Crippen LogP contribution in [-0.2, 0) is 18.6 Å². The summed E-state index contributed by atoms with van der Waals surface area (Å²) in [5, 5.41) is 5.41. The van der Waals surface area contributed by atoms with Gasteiger partial charge in [-0.3, -0.25) is 9.36 Å². The zero-order chi connectivity index (χ0) is 21.5. The predicted octanol–water partition coefficient (Wildman–Crippen LogP) is -0.0338. The maximum atomic E-state index is 11.8. The van der Waals surface area contributed by atoms with Crippen LogP contribution in [0, 0.1) is 12.3 Å². The molecule has 2 amide bonds. The monoisotopic (exact) mass is 421 g/mol. The lowest BCUT2D eigenvalue weighted by Gasteiger charge is -2.30. The normalized spacial score (nSPS) is 13.2. The van der Waals surface area contributed by atoms with Gasteiger partial charge < -0.3 is 34.2 Å². The highest BCUT2D eigenvalue weighted by atomic mass is 31.2. The summed E-state index contributed by atoms with van der Waals surface area (Å²) in [5.74, 6) is 2.17. The van der Waals surface area contributed by atoms with Crippen molar-refractivity contribution in [3.63, 3.8) is 0 Å². The van der Waals surface area contributed by atoms with Crippen LogP contribution >= 0.6 is 7.82 Å². The highest BCUT2D eigenvalue weighted by Crippen LogP contribution is 2.29. The number of phosphoric ester groups is 1. The van der Waals surface area contributed by atoms with Crippen molar-refractivity contribution >= 4 is 19.8 Å². The lowest BCUT2D eigenvalue weighted by molar-refractivity contribution is -0.890. The van der Waals surface area contributed by atoms with Crippen LogP contribution in [0.25, 0.3) is 0 Å². The number of likely N-dealkylation sites (N-methyl/N-ethyl adjacent to an activating group) is 1. The molecule has 10 nitrogen and oxygen atoms in total. The standard InChI is InChI=1S/C17H32N3O7P/c1-4-14-26-17(22)19-10-7-5-6-9-16(21)18-11-8-12-20(2,3)13-15-27-28(23,24)25/h1H,5-15H2,2-3H3,(H3-,18,19,21,22,23,24,25). The molecule has 0 heterocycles. The van der Waals surface area contributed by atoms with Gasteiger partial charge in [0.15, 0.2) is 6.61 Å². The second-order valence-electron chi connectivity index (χ2n) is 6.91. The van der Waals surface area contributed by atoms with Crippen LogP contribution < -0.4 is 15.5 Å². The highest BCUT2D eigenvalue weighted by molar-refractivity contribution is 7.44. The maximum absolute atomic E-state index is 11.8. The van der Waals surface area contributed by atoms with E-state index < -0.39 is 13.9 Å². The van der Waals surface area contributed by atoms with E-state index in [1.807, 2.05) is 14.1 Å². The first-order chi connectivity index (χ1) is 13.1. The number of carbonyl (C=O) groups is 2. The summed E-state index contributed by atoms with van der Waals surface area (Å²) >= 11 is 0. The van der Waals surface area contributed by atoms with Crippen molar-refractivity contribution in [3.8, 4) is 12.3 Å². The van der Waals surface area contributed by atoms with Gasteiger partial charge in [-0.25, -0.2) is 4.79 Å². The maximum Gasteiger partial charge on any atom is 0.408 e. The average Bonchev–Trinajstić information content (AvgIpc) is 2.58. The molecule has 0 rings (SSSR count). The number of quaternary nitrogens is 1. The van der Waals surface area contributed by atoms with Gasteiger partial charge in [0.2, 0.25) is 5.91 Å². The van der Waals surface area contributed by atoms with Crippen molar-refractivity contribution in [3.05, 3.63) is 0 Å². The van der Waals surface area contributed by atoms with Crippen molar-refractivity contribution in [2.45, 2.75) is 32.1 Å². The molecule has 1 unspecified atom stereocenters. The van der Waals surface area contributed by atoms with Crippen LogP contribution in [0.4, 0.5) is 4.79 Å². The Balaban J connectivity index is 3.63. The van der Waals surface area contributed by atoms with Gasteiger partial charge in [0.1, 0.15) is 13.2 Å². The van der Waals surface area contributed by atoms with Crippen molar-refractivity contribution in [1.82, 2.24) is 10.6 Å². The number of nitrogens with zero attached hydrogens (tertiary/aromatic N) is 1. The van der Waals surface area contributed by atoms with E-state index in [0.29, 0.717) is 30.5 Å². The van der Waals surface area contributed by atoms with Gasteiger partial charge in [-0.05, 0) is 12.8 Å². The average molecular weight is 421 g/mol. The quantitative estimate of drug-likeness (QED) is 0.146. The van der Waals surface area contributed by atoms with Crippen molar-refractivity contribution in [2.24, 2.45) is 0 Å². The van der Waals surface area contributed by atoms with Crippen LogP contribution in [0.3, 0.4) is 0 Å². The molecule has 0 saturated carbocycles. The third kappa shape index (κ3) is 17.8. The number of ether oxygens (including phenoxy) is 1. The molecule has 0 bridgehead atoms. The summed E-state index contributed by atoms with van der Waals surface area (Å²) in [4.78, 5) is 42.0. The Morgan fingerprint density at radius 1 is 1.14 bits per heavy atom. The first-order valence-electron chi connectivity index (χ1n) is 9.17. The largest absolute Gasteiger partial charge is 0.756 e. The fourth-order valence-electron chi connectivity index (χ4n) is 2.27. The van der Waals surface area contributed by atoms with E-state index in [0.717, 1.165) is 32.2 Å². The summed E-state index contributed by atoms with van der Waals surface area (Å²) in [6, 6.07) is 0. The fourth-order valence-corrected chi connectivity index (χ4v) is 2.59. The van der Waals surface area contributed by atoms with Gasteiger partial charge in [-0.15, -0.1) is 6.42 Å². The first kappa shape index (κ1) is 26.4. The molecule has 28 heavy (non-hydrogen) atoms. The zero-order valence-electron chi connectivity index (χ0n) is 16.6. The molecule has 0 saturated heterocycles. The Bertz CT molecular complexity index is 557. The number of amides is 2. The van der Waals surface area contributed by atoms with Gasteiger partial charge in [-0.1, -0.05) is 12.3 Å². The second kappa shape index (κ2) is 14.4. The molecule has 0 aliphatic rings. The number of phosphoric acid groups is 1. The van der Waals surface area contributed by atoms with Crippen LogP contribution in [0.5, 0.6) is 0 Å². The van der Waals surface area contributed by atoms with E-state index in [9.17, 15) is 19.0 Å². The number of unbranched alkanes of at least 4 members (excludes halogenated alkanes) is 2. The van der Waals surface area contributed by atoms with Crippen LogP contribution in [0.15, 0.2) is 0 Å².